The molecule has 1 aromatic carbocycles. The lowest BCUT2D eigenvalue weighted by atomic mass is 9.97. The van der Waals surface area contributed by atoms with E-state index in [0.717, 1.165) is 0 Å². The van der Waals surface area contributed by atoms with E-state index in [1.807, 2.05) is 0 Å². The summed E-state index contributed by atoms with van der Waals surface area (Å²) in [6.45, 7) is -0.547. The summed E-state index contributed by atoms with van der Waals surface area (Å²) in [5.74, 6) is -0.507. The number of hydrogen-bond donors (Lipinski definition) is 5. The van der Waals surface area contributed by atoms with Gasteiger partial charge in [0.25, 0.3) is 5.91 Å². The van der Waals surface area contributed by atoms with Crippen LogP contribution < -0.4 is 5.32 Å². The van der Waals surface area contributed by atoms with Crippen LogP contribution in [-0.2, 0) is 4.74 Å². The van der Waals surface area contributed by atoms with E-state index in [4.69, 9.17) is 9.84 Å². The molecule has 5 atom stereocenters. The third-order valence-corrected chi connectivity index (χ3v) is 3.23. The molecule has 0 radical (unpaired) electrons. The molecule has 110 valence electrons. The predicted octanol–water partition coefficient (Wildman–Crippen LogP) is -1.78. The second-order valence-corrected chi connectivity index (χ2v) is 4.59. The minimum absolute atomic E-state index is 0.352. The molecule has 1 heterocycles. The van der Waals surface area contributed by atoms with Crippen molar-refractivity contribution in [2.24, 2.45) is 0 Å². The van der Waals surface area contributed by atoms with Crippen molar-refractivity contribution in [1.82, 2.24) is 5.32 Å². The topological polar surface area (TPSA) is 119 Å². The zero-order valence-electron chi connectivity index (χ0n) is 10.6. The first-order valence-corrected chi connectivity index (χ1v) is 6.21. The van der Waals surface area contributed by atoms with Crippen LogP contribution in [-0.4, -0.2) is 63.6 Å². The number of hydrogen-bond acceptors (Lipinski definition) is 6. The molecule has 0 aromatic heterocycles. The molecule has 1 fully saturated rings. The van der Waals surface area contributed by atoms with Gasteiger partial charge in [0.15, 0.2) is 6.29 Å². The van der Waals surface area contributed by atoms with Crippen molar-refractivity contribution < 1.29 is 30.0 Å². The third kappa shape index (κ3) is 2.97. The van der Waals surface area contributed by atoms with Crippen LogP contribution in [0.1, 0.15) is 10.4 Å². The van der Waals surface area contributed by atoms with E-state index in [9.17, 15) is 20.1 Å². The second-order valence-electron chi connectivity index (χ2n) is 4.59. The second kappa shape index (κ2) is 6.29. The van der Waals surface area contributed by atoms with Crippen LogP contribution in [0.4, 0.5) is 0 Å². The van der Waals surface area contributed by atoms with E-state index in [1.54, 1.807) is 30.3 Å². The predicted molar refractivity (Wildman–Crippen MR) is 67.7 cm³/mol. The third-order valence-electron chi connectivity index (χ3n) is 3.23. The Hall–Kier alpha value is -1.51. The monoisotopic (exact) mass is 283 g/mol. The Morgan fingerprint density at radius 1 is 1.15 bits per heavy atom. The van der Waals surface area contributed by atoms with E-state index < -0.39 is 43.2 Å². The SMILES string of the molecule is O=C(NC1[C@H](O)OC(CO)[C@@H](O)[C@@H]1O)c1ccccc1. The lowest BCUT2D eigenvalue weighted by Crippen LogP contribution is -2.64. The maximum Gasteiger partial charge on any atom is 0.251 e. The molecule has 1 saturated heterocycles. The van der Waals surface area contributed by atoms with Gasteiger partial charge in [-0.15, -0.1) is 0 Å². The number of amides is 1. The molecule has 7 heteroatoms. The van der Waals surface area contributed by atoms with Gasteiger partial charge in [-0.2, -0.15) is 0 Å². The maximum atomic E-state index is 11.9. The highest BCUT2D eigenvalue weighted by Crippen LogP contribution is 2.20. The molecule has 1 aliphatic rings. The molecular weight excluding hydrogens is 266 g/mol. The maximum absolute atomic E-state index is 11.9. The Balaban J connectivity index is 2.07. The van der Waals surface area contributed by atoms with Crippen LogP contribution in [0.3, 0.4) is 0 Å². The number of aliphatic hydroxyl groups is 4. The number of rotatable bonds is 3. The summed E-state index contributed by atoms with van der Waals surface area (Å²) in [5, 5.41) is 40.7. The van der Waals surface area contributed by atoms with Gasteiger partial charge in [0.05, 0.1) is 6.61 Å². The number of carbonyl (C=O) groups excluding carboxylic acids is 1. The van der Waals surface area contributed by atoms with Crippen LogP contribution in [0.25, 0.3) is 0 Å². The molecule has 7 nitrogen and oxygen atoms in total. The largest absolute Gasteiger partial charge is 0.394 e. The van der Waals surface area contributed by atoms with Crippen LogP contribution in [0.15, 0.2) is 30.3 Å². The zero-order chi connectivity index (χ0) is 14.7. The van der Waals surface area contributed by atoms with Gasteiger partial charge >= 0.3 is 0 Å². The molecule has 5 N–H and O–H groups in total. The Morgan fingerprint density at radius 2 is 1.80 bits per heavy atom. The summed E-state index contributed by atoms with van der Waals surface area (Å²) in [6, 6.07) is 7.07. The fraction of sp³-hybridized carbons (Fsp3) is 0.462. The van der Waals surface area contributed by atoms with Crippen molar-refractivity contribution in [3.63, 3.8) is 0 Å². The minimum Gasteiger partial charge on any atom is -0.394 e. The van der Waals surface area contributed by atoms with Gasteiger partial charge < -0.3 is 30.5 Å². The molecule has 0 spiro atoms. The van der Waals surface area contributed by atoms with Gasteiger partial charge in [-0.3, -0.25) is 4.79 Å². The zero-order valence-corrected chi connectivity index (χ0v) is 10.6. The molecule has 2 rings (SSSR count). The minimum atomic E-state index is -1.52. The van der Waals surface area contributed by atoms with Crippen LogP contribution in [0.2, 0.25) is 0 Å². The van der Waals surface area contributed by atoms with Gasteiger partial charge in [-0.25, -0.2) is 0 Å². The molecule has 20 heavy (non-hydrogen) atoms. The Labute approximate surface area is 115 Å². The van der Waals surface area contributed by atoms with Crippen molar-refractivity contribution in [1.29, 1.82) is 0 Å². The number of aliphatic hydroxyl groups excluding tert-OH is 4. The van der Waals surface area contributed by atoms with E-state index in [0.29, 0.717) is 5.56 Å². The van der Waals surface area contributed by atoms with Crippen molar-refractivity contribution in [3.05, 3.63) is 35.9 Å². The number of ether oxygens (including phenoxy) is 1. The van der Waals surface area contributed by atoms with Gasteiger partial charge in [-0.05, 0) is 12.1 Å². The van der Waals surface area contributed by atoms with Crippen LogP contribution >= 0.6 is 0 Å². The fourth-order valence-corrected chi connectivity index (χ4v) is 2.08. The molecule has 0 bridgehead atoms. The first-order chi connectivity index (χ1) is 9.54. The number of benzene rings is 1. The Bertz CT molecular complexity index is 453. The summed E-state index contributed by atoms with van der Waals surface area (Å²) in [5.41, 5.74) is 0.352. The molecule has 0 aliphatic carbocycles. The van der Waals surface area contributed by atoms with Crippen molar-refractivity contribution >= 4 is 5.91 Å². The smallest absolute Gasteiger partial charge is 0.251 e. The summed E-state index contributed by atoms with van der Waals surface area (Å²) in [4.78, 5) is 11.9. The Morgan fingerprint density at radius 3 is 2.40 bits per heavy atom. The summed E-state index contributed by atoms with van der Waals surface area (Å²) < 4.78 is 4.95. The molecule has 2 unspecified atom stereocenters. The van der Waals surface area contributed by atoms with Gasteiger partial charge in [0, 0.05) is 5.56 Å². The Kier molecular flexibility index (Phi) is 4.69. The average molecular weight is 283 g/mol. The quantitative estimate of drug-likeness (QED) is 0.447. The van der Waals surface area contributed by atoms with Crippen LogP contribution in [0.5, 0.6) is 0 Å². The molecular formula is C13H17NO6. The van der Waals surface area contributed by atoms with Crippen molar-refractivity contribution in [2.45, 2.75) is 30.6 Å². The van der Waals surface area contributed by atoms with E-state index >= 15 is 0 Å². The first kappa shape index (κ1) is 14.9. The highest BCUT2D eigenvalue weighted by Gasteiger charge is 2.44. The lowest BCUT2D eigenvalue weighted by Gasteiger charge is -2.40. The molecule has 0 saturated carbocycles. The van der Waals surface area contributed by atoms with Crippen LogP contribution in [0, 0.1) is 0 Å². The summed E-state index contributed by atoms with van der Waals surface area (Å²) in [6.07, 6.45) is -5.45. The fourth-order valence-electron chi connectivity index (χ4n) is 2.08. The average Bonchev–Trinajstić information content (AvgIpc) is 2.48. The standard InChI is InChI=1S/C13H17NO6/c15-6-8-10(16)11(17)9(13(19)20-8)14-12(18)7-4-2-1-3-5-7/h1-5,8-11,13,15-17,19H,6H2,(H,14,18)/t8?,9?,10-,11-,13-/m1/s1. The summed E-state index contributed by atoms with van der Waals surface area (Å²) >= 11 is 0. The molecule has 1 aromatic rings. The highest BCUT2D eigenvalue weighted by atomic mass is 16.6. The first-order valence-electron chi connectivity index (χ1n) is 6.21. The van der Waals surface area contributed by atoms with E-state index in [1.165, 1.54) is 0 Å². The molecule has 1 aliphatic heterocycles. The normalized spacial score (nSPS) is 33.7. The summed E-state index contributed by atoms with van der Waals surface area (Å²) in [7, 11) is 0. The number of carbonyl (C=O) groups is 1. The van der Waals surface area contributed by atoms with Crippen molar-refractivity contribution in [2.75, 3.05) is 6.61 Å². The van der Waals surface area contributed by atoms with Gasteiger partial charge in [-0.1, -0.05) is 18.2 Å². The molecule has 1 amide bonds. The highest BCUT2D eigenvalue weighted by molar-refractivity contribution is 5.94. The van der Waals surface area contributed by atoms with E-state index in [-0.39, 0.29) is 0 Å². The van der Waals surface area contributed by atoms with Gasteiger partial charge in [0.2, 0.25) is 0 Å². The number of nitrogens with one attached hydrogen (secondary N) is 1. The van der Waals surface area contributed by atoms with Crippen molar-refractivity contribution in [3.8, 4) is 0 Å². The van der Waals surface area contributed by atoms with Gasteiger partial charge in [0.1, 0.15) is 24.4 Å². The lowest BCUT2D eigenvalue weighted by molar-refractivity contribution is -0.252. The van der Waals surface area contributed by atoms with E-state index in [2.05, 4.69) is 5.32 Å².